The number of benzene rings is 2. The Morgan fingerprint density at radius 2 is 1.17 bits per heavy atom. The van der Waals surface area contributed by atoms with Crippen LogP contribution >= 0.6 is 22.7 Å². The number of ether oxygens (including phenoxy) is 3. The van der Waals surface area contributed by atoms with Crippen molar-refractivity contribution in [1.82, 2.24) is 9.13 Å². The zero-order chi connectivity index (χ0) is 29.6. The zero-order valence-corrected chi connectivity index (χ0v) is 25.6. The molecule has 6 aromatic rings. The monoisotopic (exact) mass is 600 g/mol. The maximum atomic E-state index is 12.2. The third kappa shape index (κ3) is 5.98. The van der Waals surface area contributed by atoms with Crippen LogP contribution in [-0.4, -0.2) is 41.7 Å². The minimum atomic E-state index is -0.302. The molecule has 4 aromatic heterocycles. The molecule has 0 atom stereocenters. The van der Waals surface area contributed by atoms with E-state index in [1.54, 1.807) is 43.8 Å². The summed E-state index contributed by atoms with van der Waals surface area (Å²) in [6.07, 6.45) is 0. The fourth-order valence-corrected chi connectivity index (χ4v) is 6.88. The lowest BCUT2D eigenvalue weighted by Crippen LogP contribution is -2.12. The van der Waals surface area contributed by atoms with Gasteiger partial charge in [0, 0.05) is 30.8 Å². The predicted molar refractivity (Wildman–Crippen MR) is 170 cm³/mol. The highest BCUT2D eigenvalue weighted by Gasteiger charge is 2.21. The summed E-state index contributed by atoms with van der Waals surface area (Å²) in [5.74, 6) is 1.40. The lowest BCUT2D eigenvalue weighted by Gasteiger charge is -2.09. The van der Waals surface area contributed by atoms with Gasteiger partial charge in [-0.15, -0.1) is 22.7 Å². The Balaban J connectivity index is 0.000000169. The number of hydrogen-bond acceptors (Lipinski definition) is 7. The molecular weight excluding hydrogens is 569 g/mol. The second kappa shape index (κ2) is 13.1. The molecular formula is C33H32N2O5S2. The van der Waals surface area contributed by atoms with E-state index in [1.807, 2.05) is 82.9 Å². The molecule has 0 bridgehead atoms. The summed E-state index contributed by atoms with van der Waals surface area (Å²) < 4.78 is 20.0. The molecule has 0 aliphatic carbocycles. The average molecular weight is 601 g/mol. The molecule has 7 nitrogen and oxygen atoms in total. The Bertz CT molecular complexity index is 1810. The largest absolute Gasteiger partial charge is 0.495 e. The summed E-state index contributed by atoms with van der Waals surface area (Å²) >= 11 is 3.18. The molecule has 0 aliphatic rings. The van der Waals surface area contributed by atoms with Crippen molar-refractivity contribution in [2.45, 2.75) is 26.9 Å². The highest BCUT2D eigenvalue weighted by molar-refractivity contribution is 7.17. The standard InChI is InChI=1S/C17H17NO3S.C16H15NO2S/c1-3-21-17(19)14-9-13-15(20-2)11-22-16(13)18(14)10-12-7-5-4-6-8-12;1-11(18)14-8-13-15(19-2)10-20-16(13)17(14)9-12-6-4-3-5-7-12/h4-9,11H,3,10H2,1-2H3;3-8,10H,9H2,1-2H3. The Hall–Kier alpha value is -4.34. The summed E-state index contributed by atoms with van der Waals surface area (Å²) in [7, 11) is 3.30. The van der Waals surface area contributed by atoms with E-state index in [1.165, 1.54) is 5.56 Å². The van der Waals surface area contributed by atoms with Gasteiger partial charge in [0.05, 0.1) is 37.3 Å². The van der Waals surface area contributed by atoms with Crippen LogP contribution in [0.4, 0.5) is 0 Å². The van der Waals surface area contributed by atoms with Crippen molar-refractivity contribution in [3.05, 3.63) is 106 Å². The first kappa shape index (κ1) is 29.2. The van der Waals surface area contributed by atoms with Gasteiger partial charge >= 0.3 is 5.97 Å². The smallest absolute Gasteiger partial charge is 0.355 e. The van der Waals surface area contributed by atoms with Crippen molar-refractivity contribution in [3.63, 3.8) is 0 Å². The van der Waals surface area contributed by atoms with Gasteiger partial charge in [-0.1, -0.05) is 60.7 Å². The van der Waals surface area contributed by atoms with Crippen LogP contribution in [-0.2, 0) is 17.8 Å². The van der Waals surface area contributed by atoms with Gasteiger partial charge in [-0.2, -0.15) is 0 Å². The molecule has 0 fully saturated rings. The number of fused-ring (bicyclic) bond motifs is 2. The molecule has 0 saturated carbocycles. The van der Waals surface area contributed by atoms with Gasteiger partial charge in [-0.25, -0.2) is 4.79 Å². The van der Waals surface area contributed by atoms with Crippen LogP contribution in [0.25, 0.3) is 20.4 Å². The number of thiophene rings is 2. The fraction of sp³-hybridized carbons (Fsp3) is 0.212. The van der Waals surface area contributed by atoms with Gasteiger partial charge in [0.25, 0.3) is 0 Å². The summed E-state index contributed by atoms with van der Waals surface area (Å²) in [5, 5.41) is 5.90. The van der Waals surface area contributed by atoms with E-state index >= 15 is 0 Å². The molecule has 0 radical (unpaired) electrons. The third-order valence-corrected chi connectivity index (χ3v) is 8.82. The van der Waals surface area contributed by atoms with Gasteiger partial charge in [-0.05, 0) is 30.2 Å². The van der Waals surface area contributed by atoms with Gasteiger partial charge < -0.3 is 23.3 Å². The molecule has 0 spiro atoms. The van der Waals surface area contributed by atoms with Gasteiger partial charge in [-0.3, -0.25) is 4.79 Å². The van der Waals surface area contributed by atoms with Crippen LogP contribution in [0.3, 0.4) is 0 Å². The second-order valence-corrected chi connectivity index (χ2v) is 11.2. The highest BCUT2D eigenvalue weighted by atomic mass is 32.1. The van der Waals surface area contributed by atoms with Crippen LogP contribution in [0.15, 0.2) is 83.6 Å². The van der Waals surface area contributed by atoms with Crippen molar-refractivity contribution < 1.29 is 23.8 Å². The van der Waals surface area contributed by atoms with E-state index in [-0.39, 0.29) is 11.8 Å². The predicted octanol–water partition coefficient (Wildman–Crippen LogP) is 7.90. The van der Waals surface area contributed by atoms with Crippen LogP contribution < -0.4 is 9.47 Å². The Morgan fingerprint density at radius 3 is 1.60 bits per heavy atom. The van der Waals surface area contributed by atoms with E-state index in [9.17, 15) is 9.59 Å². The molecule has 0 amide bonds. The van der Waals surface area contributed by atoms with Gasteiger partial charge in [0.2, 0.25) is 0 Å². The van der Waals surface area contributed by atoms with Crippen molar-refractivity contribution >= 4 is 54.9 Å². The average Bonchev–Trinajstić information content (AvgIpc) is 3.76. The lowest BCUT2D eigenvalue weighted by atomic mass is 10.2. The Kier molecular flexibility index (Phi) is 9.09. The number of methoxy groups -OCH3 is 2. The fourth-order valence-electron chi connectivity index (χ4n) is 4.84. The maximum Gasteiger partial charge on any atom is 0.355 e. The maximum absolute atomic E-state index is 12.2. The Labute approximate surface area is 252 Å². The number of nitrogens with zero attached hydrogens (tertiary/aromatic N) is 2. The van der Waals surface area contributed by atoms with Crippen LogP contribution in [0.1, 0.15) is 46.0 Å². The van der Waals surface area contributed by atoms with Crippen molar-refractivity contribution in [2.75, 3.05) is 20.8 Å². The summed E-state index contributed by atoms with van der Waals surface area (Å²) in [5.41, 5.74) is 3.61. The number of aromatic nitrogens is 2. The summed E-state index contributed by atoms with van der Waals surface area (Å²) in [6, 6.07) is 24.0. The number of esters is 1. The first-order valence-corrected chi connectivity index (χ1v) is 15.3. The van der Waals surface area contributed by atoms with Crippen LogP contribution in [0, 0.1) is 0 Å². The molecule has 2 aromatic carbocycles. The van der Waals surface area contributed by atoms with Crippen molar-refractivity contribution in [3.8, 4) is 11.5 Å². The molecule has 216 valence electrons. The van der Waals surface area contributed by atoms with Gasteiger partial charge in [0.15, 0.2) is 5.78 Å². The molecule has 6 rings (SSSR count). The van der Waals surface area contributed by atoms with E-state index < -0.39 is 0 Å². The zero-order valence-electron chi connectivity index (χ0n) is 24.0. The minimum absolute atomic E-state index is 0.0754. The normalized spacial score (nSPS) is 10.9. The molecule has 4 heterocycles. The van der Waals surface area contributed by atoms with E-state index in [0.717, 1.165) is 43.2 Å². The summed E-state index contributed by atoms with van der Waals surface area (Å²) in [6.45, 7) is 5.10. The molecule has 0 unspecified atom stereocenters. The van der Waals surface area contributed by atoms with Crippen LogP contribution in [0.2, 0.25) is 0 Å². The van der Waals surface area contributed by atoms with E-state index in [4.69, 9.17) is 14.2 Å². The molecule has 0 aliphatic heterocycles. The summed E-state index contributed by atoms with van der Waals surface area (Å²) in [4.78, 5) is 26.2. The SMILES string of the molecule is CCOC(=O)c1cc2c(OC)csc2n1Cc1ccccc1.COc1csc2c1cc(C(C)=O)n2Cc1ccccc1. The molecule has 42 heavy (non-hydrogen) atoms. The Morgan fingerprint density at radius 1 is 0.714 bits per heavy atom. The minimum Gasteiger partial charge on any atom is -0.495 e. The van der Waals surface area contributed by atoms with Crippen LogP contribution in [0.5, 0.6) is 11.5 Å². The molecule has 9 heteroatoms. The second-order valence-electron chi connectivity index (χ2n) is 9.53. The first-order chi connectivity index (χ1) is 20.4. The first-order valence-electron chi connectivity index (χ1n) is 13.5. The number of carbonyl (C=O) groups excluding carboxylic acids is 2. The lowest BCUT2D eigenvalue weighted by molar-refractivity contribution is 0.0515. The molecule has 0 saturated heterocycles. The van der Waals surface area contributed by atoms with E-state index in [0.29, 0.717) is 25.4 Å². The topological polar surface area (TPSA) is 71.7 Å². The third-order valence-electron chi connectivity index (χ3n) is 6.83. The number of rotatable bonds is 9. The number of Topliss-reactive ketones (excluding diaryl/α,β-unsaturated/α-hetero) is 1. The quantitative estimate of drug-likeness (QED) is 0.125. The number of carbonyl (C=O) groups is 2. The highest BCUT2D eigenvalue weighted by Crippen LogP contribution is 2.36. The molecule has 0 N–H and O–H groups in total. The van der Waals surface area contributed by atoms with Gasteiger partial charge in [0.1, 0.15) is 26.9 Å². The van der Waals surface area contributed by atoms with Crippen molar-refractivity contribution in [2.24, 2.45) is 0 Å². The number of hydrogen-bond donors (Lipinski definition) is 0. The van der Waals surface area contributed by atoms with E-state index in [2.05, 4.69) is 16.7 Å². The number of ketones is 1. The van der Waals surface area contributed by atoms with Crippen molar-refractivity contribution in [1.29, 1.82) is 0 Å².